The largest absolute Gasteiger partial charge is 2.00 e. The normalized spacial score (nSPS) is 9.80. The molecule has 1 radical (unpaired) electrons. The molecular weight excluding hydrogens is 297 g/mol. The van der Waals surface area contributed by atoms with Crippen molar-refractivity contribution in [3.63, 3.8) is 0 Å². The van der Waals surface area contributed by atoms with E-state index in [1.54, 1.807) is 12.1 Å². The zero-order valence-corrected chi connectivity index (χ0v) is 11.0. The van der Waals surface area contributed by atoms with E-state index < -0.39 is 3.79 Å². The molecule has 0 unspecified atom stereocenters. The van der Waals surface area contributed by atoms with Crippen molar-refractivity contribution in [3.05, 3.63) is 60.2 Å². The molecule has 0 atom stereocenters. The second-order valence-corrected chi connectivity index (χ2v) is 4.91. The molecule has 0 fully saturated rings. The van der Waals surface area contributed by atoms with Crippen LogP contribution in [0.1, 0.15) is 5.56 Å². The minimum Gasteiger partial charge on any atom is -0.214 e. The van der Waals surface area contributed by atoms with Crippen LogP contribution in [0.2, 0.25) is 0 Å². The summed E-state index contributed by atoms with van der Waals surface area (Å²) in [6.45, 7) is 0. The Bertz CT molecular complexity index is 302. The standard InChI is InChI=1S/C6H4Cl3.C5H5.Co/c7-6(8,9)5-3-1-2-4-5;1-2-4-5-3-1;/h1-4H;1-5H;/q2*-1;+2. The maximum Gasteiger partial charge on any atom is 2.00 e. The maximum absolute atomic E-state index is 5.53. The first-order valence-electron chi connectivity index (χ1n) is 4.06. The van der Waals surface area contributed by atoms with Gasteiger partial charge in [0.1, 0.15) is 0 Å². The third kappa shape index (κ3) is 6.28. The molecule has 0 amide bonds. The molecule has 15 heavy (non-hydrogen) atoms. The molecule has 0 aliphatic rings. The fourth-order valence-electron chi connectivity index (χ4n) is 0.884. The summed E-state index contributed by atoms with van der Waals surface area (Å²) < 4.78 is -1.26. The Hall–Kier alpha value is 0.0765. The summed E-state index contributed by atoms with van der Waals surface area (Å²) in [7, 11) is 0. The summed E-state index contributed by atoms with van der Waals surface area (Å²) in [5.41, 5.74) is 0.715. The number of halogens is 3. The van der Waals surface area contributed by atoms with Crippen LogP contribution in [0.3, 0.4) is 0 Å². The van der Waals surface area contributed by atoms with Crippen LogP contribution in [0.4, 0.5) is 0 Å². The Morgan fingerprint density at radius 1 is 0.867 bits per heavy atom. The minimum atomic E-state index is -1.26. The molecule has 0 aliphatic heterocycles. The predicted octanol–water partition coefficient (Wildman–Crippen LogP) is 4.64. The van der Waals surface area contributed by atoms with E-state index in [9.17, 15) is 0 Å². The van der Waals surface area contributed by atoms with Gasteiger partial charge in [0.15, 0.2) is 3.79 Å². The van der Waals surface area contributed by atoms with Crippen molar-refractivity contribution in [2.75, 3.05) is 0 Å². The van der Waals surface area contributed by atoms with E-state index in [2.05, 4.69) is 0 Å². The van der Waals surface area contributed by atoms with Crippen molar-refractivity contribution in [1.82, 2.24) is 0 Å². The summed E-state index contributed by atoms with van der Waals surface area (Å²) in [5, 5.41) is 0. The van der Waals surface area contributed by atoms with Gasteiger partial charge in [-0.3, -0.25) is 0 Å². The van der Waals surface area contributed by atoms with Crippen molar-refractivity contribution in [2.24, 2.45) is 0 Å². The van der Waals surface area contributed by atoms with E-state index in [0.717, 1.165) is 0 Å². The Labute approximate surface area is 115 Å². The predicted molar refractivity (Wildman–Crippen MR) is 63.3 cm³/mol. The Kier molecular flexibility index (Phi) is 7.40. The van der Waals surface area contributed by atoms with Crippen molar-refractivity contribution < 1.29 is 16.8 Å². The van der Waals surface area contributed by atoms with Crippen LogP contribution in [-0.2, 0) is 20.6 Å². The number of rotatable bonds is 0. The zero-order valence-electron chi connectivity index (χ0n) is 7.66. The number of alkyl halides is 3. The molecule has 0 aliphatic carbocycles. The summed E-state index contributed by atoms with van der Waals surface area (Å²) in [6.07, 6.45) is 0. The third-order valence-electron chi connectivity index (χ3n) is 1.55. The van der Waals surface area contributed by atoms with E-state index in [1.807, 2.05) is 42.5 Å². The molecule has 2 aromatic rings. The molecule has 4 heteroatoms. The van der Waals surface area contributed by atoms with Gasteiger partial charge in [-0.2, -0.15) is 30.3 Å². The summed E-state index contributed by atoms with van der Waals surface area (Å²) in [4.78, 5) is 0. The molecule has 0 saturated heterocycles. The van der Waals surface area contributed by atoms with Gasteiger partial charge in [-0.1, -0.05) is 34.8 Å². The maximum atomic E-state index is 5.53. The molecule has 0 N–H and O–H groups in total. The molecular formula is C11H9Cl3Co. The van der Waals surface area contributed by atoms with Gasteiger partial charge in [-0.25, -0.2) is 24.3 Å². The Morgan fingerprint density at radius 3 is 1.53 bits per heavy atom. The van der Waals surface area contributed by atoms with Gasteiger partial charge in [0.25, 0.3) is 0 Å². The fraction of sp³-hybridized carbons (Fsp3) is 0.0909. The van der Waals surface area contributed by atoms with Gasteiger partial charge in [-0.05, 0) is 0 Å². The summed E-state index contributed by atoms with van der Waals surface area (Å²) in [6, 6.07) is 17.2. The van der Waals surface area contributed by atoms with Gasteiger partial charge in [0, 0.05) is 0 Å². The van der Waals surface area contributed by atoms with Crippen LogP contribution in [0.25, 0.3) is 0 Å². The van der Waals surface area contributed by atoms with Gasteiger partial charge in [-0.15, -0.1) is 5.56 Å². The molecule has 0 aromatic heterocycles. The van der Waals surface area contributed by atoms with E-state index in [1.165, 1.54) is 0 Å². The molecule has 0 nitrogen and oxygen atoms in total. The van der Waals surface area contributed by atoms with Crippen LogP contribution in [0, 0.1) is 0 Å². The second kappa shape index (κ2) is 7.37. The van der Waals surface area contributed by atoms with E-state index in [-0.39, 0.29) is 16.8 Å². The van der Waals surface area contributed by atoms with Crippen LogP contribution in [0.15, 0.2) is 54.6 Å². The molecule has 0 spiro atoms. The van der Waals surface area contributed by atoms with Gasteiger partial charge >= 0.3 is 16.8 Å². The van der Waals surface area contributed by atoms with E-state index >= 15 is 0 Å². The average molecular weight is 306 g/mol. The first-order chi connectivity index (χ1) is 6.61. The van der Waals surface area contributed by atoms with Gasteiger partial charge < -0.3 is 0 Å². The molecule has 2 rings (SSSR count). The summed E-state index contributed by atoms with van der Waals surface area (Å²) in [5.74, 6) is 0. The second-order valence-electron chi connectivity index (χ2n) is 2.63. The number of hydrogen-bond acceptors (Lipinski definition) is 0. The molecule has 0 saturated carbocycles. The smallest absolute Gasteiger partial charge is 0.214 e. The van der Waals surface area contributed by atoms with Gasteiger partial charge in [0.2, 0.25) is 0 Å². The Balaban J connectivity index is 0.000000280. The third-order valence-corrected chi connectivity index (χ3v) is 2.20. The van der Waals surface area contributed by atoms with E-state index in [0.29, 0.717) is 5.56 Å². The zero-order chi connectivity index (χ0) is 10.4. The average Bonchev–Trinajstić information content (AvgIpc) is 2.80. The molecule has 2 aromatic carbocycles. The molecule has 0 bridgehead atoms. The number of hydrogen-bond donors (Lipinski definition) is 0. The van der Waals surface area contributed by atoms with Crippen LogP contribution < -0.4 is 0 Å². The molecule has 0 heterocycles. The monoisotopic (exact) mass is 305 g/mol. The summed E-state index contributed by atoms with van der Waals surface area (Å²) >= 11 is 16.6. The quantitative estimate of drug-likeness (QED) is 0.491. The van der Waals surface area contributed by atoms with Crippen molar-refractivity contribution in [3.8, 4) is 0 Å². The fourth-order valence-corrected chi connectivity index (χ4v) is 1.26. The van der Waals surface area contributed by atoms with Gasteiger partial charge in [0.05, 0.1) is 0 Å². The Morgan fingerprint density at radius 2 is 1.33 bits per heavy atom. The topological polar surface area (TPSA) is 0 Å². The first-order valence-corrected chi connectivity index (χ1v) is 5.19. The van der Waals surface area contributed by atoms with Crippen LogP contribution in [-0.4, -0.2) is 0 Å². The SMILES string of the molecule is ClC(Cl)(Cl)[c-]1cccc1.[Co+2].c1cc[cH-]c1. The van der Waals surface area contributed by atoms with E-state index in [4.69, 9.17) is 34.8 Å². The van der Waals surface area contributed by atoms with Crippen molar-refractivity contribution in [1.29, 1.82) is 0 Å². The van der Waals surface area contributed by atoms with Crippen molar-refractivity contribution in [2.45, 2.75) is 3.79 Å². The first kappa shape index (κ1) is 15.1. The molecule has 83 valence electrons. The van der Waals surface area contributed by atoms with Crippen LogP contribution in [0.5, 0.6) is 0 Å². The minimum absolute atomic E-state index is 0. The van der Waals surface area contributed by atoms with Crippen molar-refractivity contribution >= 4 is 34.8 Å². The van der Waals surface area contributed by atoms with Crippen LogP contribution >= 0.6 is 34.8 Å².